The fraction of sp³-hybridized carbons (Fsp3) is 0.314. The Kier molecular flexibility index (Phi) is 9.63. The number of hydrogen-bond donors (Lipinski definition) is 1. The van der Waals surface area contributed by atoms with Gasteiger partial charge in [-0.1, -0.05) is 60.7 Å². The molecule has 0 unspecified atom stereocenters. The molecule has 0 spiro atoms. The van der Waals surface area contributed by atoms with Gasteiger partial charge < -0.3 is 19.8 Å². The van der Waals surface area contributed by atoms with E-state index in [-0.39, 0.29) is 61.9 Å². The van der Waals surface area contributed by atoms with Crippen molar-refractivity contribution in [3.63, 3.8) is 0 Å². The number of amides is 4. The zero-order valence-electron chi connectivity index (χ0n) is 25.7. The lowest BCUT2D eigenvalue weighted by Crippen LogP contribution is -2.75. The van der Waals surface area contributed by atoms with Crippen LogP contribution in [0.25, 0.3) is 0 Å². The Balaban J connectivity index is 1.50. The highest BCUT2D eigenvalue weighted by Gasteiger charge is 2.51. The number of piperazine rings is 1. The van der Waals surface area contributed by atoms with Gasteiger partial charge >= 0.3 is 0 Å². The molecule has 4 amide bonds. The minimum absolute atomic E-state index is 0.0619. The lowest BCUT2D eigenvalue weighted by atomic mass is 9.97. The number of hydrazine groups is 1. The molecule has 3 aromatic rings. The Morgan fingerprint density at radius 1 is 0.956 bits per heavy atom. The topological polar surface area (TPSA) is 105 Å². The van der Waals surface area contributed by atoms with E-state index in [1.165, 1.54) is 4.90 Å². The van der Waals surface area contributed by atoms with Gasteiger partial charge in [-0.15, -0.1) is 6.58 Å². The SMILES string of the molecule is C=CCN1CC(=O)N2[C@@H](Cc3ccc(O)cc3)C(=O)N(Cc3cccc(C(=O)N(C)C)c3)C[C@@H]2N1C(=O)CCc1ccccc1. The summed E-state index contributed by atoms with van der Waals surface area (Å²) in [6, 6.07) is 22.6. The Morgan fingerprint density at radius 3 is 2.36 bits per heavy atom. The van der Waals surface area contributed by atoms with E-state index in [0.717, 1.165) is 16.7 Å². The van der Waals surface area contributed by atoms with Crippen LogP contribution in [-0.2, 0) is 33.8 Å². The second kappa shape index (κ2) is 13.8. The summed E-state index contributed by atoms with van der Waals surface area (Å²) in [7, 11) is 3.37. The van der Waals surface area contributed by atoms with E-state index in [1.807, 2.05) is 36.4 Å². The van der Waals surface area contributed by atoms with Crippen molar-refractivity contribution in [2.24, 2.45) is 0 Å². The van der Waals surface area contributed by atoms with E-state index in [1.54, 1.807) is 82.5 Å². The van der Waals surface area contributed by atoms with Crippen LogP contribution in [0.4, 0.5) is 0 Å². The fourth-order valence-electron chi connectivity index (χ4n) is 6.05. The molecule has 10 nitrogen and oxygen atoms in total. The van der Waals surface area contributed by atoms with Crippen LogP contribution in [-0.4, -0.2) is 99.4 Å². The molecule has 10 heteroatoms. The zero-order chi connectivity index (χ0) is 32.1. The van der Waals surface area contributed by atoms with E-state index in [4.69, 9.17) is 0 Å². The van der Waals surface area contributed by atoms with E-state index in [9.17, 15) is 24.3 Å². The first-order chi connectivity index (χ1) is 21.7. The normalized spacial score (nSPS) is 18.5. The van der Waals surface area contributed by atoms with Gasteiger partial charge in [0, 0.05) is 45.6 Å². The predicted octanol–water partition coefficient (Wildman–Crippen LogP) is 3.08. The molecule has 2 aliphatic rings. The van der Waals surface area contributed by atoms with Crippen molar-refractivity contribution < 1.29 is 24.3 Å². The van der Waals surface area contributed by atoms with Gasteiger partial charge in [-0.2, -0.15) is 0 Å². The van der Waals surface area contributed by atoms with Gasteiger partial charge in [0.05, 0.1) is 13.1 Å². The molecular weight excluding hydrogens is 570 g/mol. The van der Waals surface area contributed by atoms with E-state index in [0.29, 0.717) is 18.5 Å². The number of hydrogen-bond acceptors (Lipinski definition) is 6. The monoisotopic (exact) mass is 609 g/mol. The summed E-state index contributed by atoms with van der Waals surface area (Å²) in [6.07, 6.45) is 1.89. The molecule has 2 saturated heterocycles. The van der Waals surface area contributed by atoms with Crippen LogP contribution >= 0.6 is 0 Å². The first-order valence-corrected chi connectivity index (χ1v) is 15.1. The second-order valence-corrected chi connectivity index (χ2v) is 11.6. The molecule has 2 atom stereocenters. The van der Waals surface area contributed by atoms with Crippen molar-refractivity contribution in [1.29, 1.82) is 0 Å². The molecule has 2 fully saturated rings. The minimum Gasteiger partial charge on any atom is -0.508 e. The number of aromatic hydroxyl groups is 1. The predicted molar refractivity (Wildman–Crippen MR) is 169 cm³/mol. The first-order valence-electron chi connectivity index (χ1n) is 15.1. The van der Waals surface area contributed by atoms with Crippen molar-refractivity contribution in [2.45, 2.75) is 38.0 Å². The molecule has 5 rings (SSSR count). The second-order valence-electron chi connectivity index (χ2n) is 11.6. The number of carbonyl (C=O) groups excluding carboxylic acids is 4. The third-order valence-electron chi connectivity index (χ3n) is 8.21. The number of aryl methyl sites for hydroxylation is 1. The molecule has 0 radical (unpaired) electrons. The highest BCUT2D eigenvalue weighted by Crippen LogP contribution is 2.30. The molecule has 2 heterocycles. The minimum atomic E-state index is -0.873. The lowest BCUT2D eigenvalue weighted by molar-refractivity contribution is -0.205. The molecule has 1 N–H and O–H groups in total. The van der Waals surface area contributed by atoms with Crippen LogP contribution in [0.5, 0.6) is 5.75 Å². The summed E-state index contributed by atoms with van der Waals surface area (Å²) in [5.74, 6) is -0.689. The Morgan fingerprint density at radius 2 is 1.67 bits per heavy atom. The summed E-state index contributed by atoms with van der Waals surface area (Å²) in [5.41, 5.74) is 3.07. The molecule has 0 aromatic heterocycles. The Labute approximate surface area is 263 Å². The van der Waals surface area contributed by atoms with Gasteiger partial charge in [-0.25, -0.2) is 10.0 Å². The number of fused-ring (bicyclic) bond motifs is 1. The molecule has 0 saturated carbocycles. The molecule has 0 aliphatic carbocycles. The van der Waals surface area contributed by atoms with E-state index < -0.39 is 12.2 Å². The van der Waals surface area contributed by atoms with Crippen molar-refractivity contribution >= 4 is 23.6 Å². The van der Waals surface area contributed by atoms with Gasteiger partial charge in [0.2, 0.25) is 17.7 Å². The molecular formula is C35H39N5O5. The average Bonchev–Trinajstić information content (AvgIpc) is 3.03. The van der Waals surface area contributed by atoms with E-state index in [2.05, 4.69) is 6.58 Å². The Bertz CT molecular complexity index is 1560. The molecule has 3 aromatic carbocycles. The van der Waals surface area contributed by atoms with Gasteiger partial charge in [0.15, 0.2) is 0 Å². The maximum Gasteiger partial charge on any atom is 0.253 e. The van der Waals surface area contributed by atoms with Crippen molar-refractivity contribution in [1.82, 2.24) is 24.7 Å². The summed E-state index contributed by atoms with van der Waals surface area (Å²) in [4.78, 5) is 59.4. The quantitative estimate of drug-likeness (QED) is 0.355. The highest BCUT2D eigenvalue weighted by molar-refractivity contribution is 5.94. The third kappa shape index (κ3) is 7.07. The number of benzene rings is 3. The average molecular weight is 610 g/mol. The largest absolute Gasteiger partial charge is 0.508 e. The molecule has 45 heavy (non-hydrogen) atoms. The number of nitrogens with zero attached hydrogens (tertiary/aromatic N) is 5. The summed E-state index contributed by atoms with van der Waals surface area (Å²) >= 11 is 0. The maximum absolute atomic E-state index is 14.2. The van der Waals surface area contributed by atoms with E-state index >= 15 is 0 Å². The van der Waals surface area contributed by atoms with Crippen LogP contribution in [0.3, 0.4) is 0 Å². The smallest absolute Gasteiger partial charge is 0.253 e. The first kappa shape index (κ1) is 31.5. The van der Waals surface area contributed by atoms with Crippen molar-refractivity contribution in [3.05, 3.63) is 114 Å². The molecule has 2 aliphatic heterocycles. The number of phenolic OH excluding ortho intramolecular Hbond substituents is 1. The molecule has 234 valence electrons. The van der Waals surface area contributed by atoms with Crippen molar-refractivity contribution in [2.75, 3.05) is 33.7 Å². The highest BCUT2D eigenvalue weighted by atomic mass is 16.3. The standard InChI is InChI=1S/C35H39N5O5/c1-4-19-38-24-33(43)39-30(21-26-13-16-29(41)17-14-26)35(45)37(22-27-11-8-12-28(20-27)34(44)36(2)3)23-31(39)40(38)32(42)18-15-25-9-6-5-7-10-25/h4-14,16-17,20,30-31,41H,1,15,18-19,21-24H2,2-3H3/t30-,31-/m0/s1. The van der Waals surface area contributed by atoms with Crippen molar-refractivity contribution in [3.8, 4) is 5.75 Å². The Hall–Kier alpha value is -4.96. The van der Waals surface area contributed by atoms with Gasteiger partial charge in [0.25, 0.3) is 5.91 Å². The number of phenols is 1. The summed E-state index contributed by atoms with van der Waals surface area (Å²) < 4.78 is 0. The summed E-state index contributed by atoms with van der Waals surface area (Å²) in [6.45, 7) is 4.38. The van der Waals surface area contributed by atoms with Crippen LogP contribution in [0.1, 0.15) is 33.5 Å². The zero-order valence-corrected chi connectivity index (χ0v) is 25.7. The van der Waals surface area contributed by atoms with Crippen LogP contribution in [0, 0.1) is 0 Å². The summed E-state index contributed by atoms with van der Waals surface area (Å²) in [5, 5.41) is 13.2. The fourth-order valence-corrected chi connectivity index (χ4v) is 6.05. The van der Waals surface area contributed by atoms with Crippen LogP contribution in [0.2, 0.25) is 0 Å². The lowest BCUT2D eigenvalue weighted by Gasteiger charge is -2.55. The van der Waals surface area contributed by atoms with Crippen LogP contribution < -0.4 is 0 Å². The third-order valence-corrected chi connectivity index (χ3v) is 8.21. The van der Waals surface area contributed by atoms with Gasteiger partial charge in [0.1, 0.15) is 18.0 Å². The number of rotatable bonds is 10. The maximum atomic E-state index is 14.2. The van der Waals surface area contributed by atoms with Gasteiger partial charge in [-0.3, -0.25) is 19.2 Å². The van der Waals surface area contributed by atoms with Crippen LogP contribution in [0.15, 0.2) is 91.5 Å². The van der Waals surface area contributed by atoms with Gasteiger partial charge in [-0.05, 0) is 47.4 Å². The molecule has 0 bridgehead atoms. The number of carbonyl (C=O) groups is 4.